The fourth-order valence-electron chi connectivity index (χ4n) is 3.09. The van der Waals surface area contributed by atoms with Crippen molar-refractivity contribution < 1.29 is 9.18 Å². The highest BCUT2D eigenvalue weighted by atomic mass is 32.2. The van der Waals surface area contributed by atoms with E-state index >= 15 is 0 Å². The average Bonchev–Trinajstić information content (AvgIpc) is 3.14. The van der Waals surface area contributed by atoms with Crippen LogP contribution in [0.15, 0.2) is 64.5 Å². The van der Waals surface area contributed by atoms with Gasteiger partial charge in [-0.25, -0.2) is 9.37 Å². The van der Waals surface area contributed by atoms with Crippen LogP contribution >= 0.6 is 11.8 Å². The number of aryl methyl sites for hydroxylation is 1. The Balaban J connectivity index is 1.65. The van der Waals surface area contributed by atoms with Crippen molar-refractivity contribution >= 4 is 34.4 Å². The first-order valence-electron chi connectivity index (χ1n) is 9.26. The zero-order valence-electron chi connectivity index (χ0n) is 16.3. The molecule has 0 aliphatic heterocycles. The summed E-state index contributed by atoms with van der Waals surface area (Å²) < 4.78 is 14.7. The van der Waals surface area contributed by atoms with E-state index < -0.39 is 5.82 Å². The molecule has 4 aromatic rings. The Morgan fingerprint density at radius 3 is 2.77 bits per heavy atom. The van der Waals surface area contributed by atoms with E-state index in [-0.39, 0.29) is 17.2 Å². The number of aromatic nitrogens is 3. The molecule has 0 bridgehead atoms. The SMILES string of the molecule is Cc1cc2nc(SCC(=O)Nc3cccc(C#N)c3)n(-c3ccc(F)cc3)c(=O)c2[nH]1. The molecule has 9 heteroatoms. The highest BCUT2D eigenvalue weighted by Crippen LogP contribution is 2.22. The zero-order chi connectivity index (χ0) is 22.0. The topological polar surface area (TPSA) is 104 Å². The Kier molecular flexibility index (Phi) is 5.56. The zero-order valence-corrected chi connectivity index (χ0v) is 17.2. The van der Waals surface area contributed by atoms with E-state index in [9.17, 15) is 14.0 Å². The molecule has 7 nitrogen and oxygen atoms in total. The third-order valence-corrected chi connectivity index (χ3v) is 5.39. The number of carbonyl (C=O) groups is 1. The van der Waals surface area contributed by atoms with Gasteiger partial charge in [-0.2, -0.15) is 5.26 Å². The molecular formula is C22H16FN5O2S. The first kappa shape index (κ1) is 20.4. The Bertz CT molecular complexity index is 1390. The van der Waals surface area contributed by atoms with E-state index in [1.807, 2.05) is 13.0 Å². The third-order valence-electron chi connectivity index (χ3n) is 4.45. The van der Waals surface area contributed by atoms with Crippen LogP contribution < -0.4 is 10.9 Å². The van der Waals surface area contributed by atoms with Crippen LogP contribution in [-0.4, -0.2) is 26.2 Å². The molecule has 0 saturated heterocycles. The normalized spacial score (nSPS) is 10.7. The maximum Gasteiger partial charge on any atom is 0.283 e. The van der Waals surface area contributed by atoms with Gasteiger partial charge in [0.25, 0.3) is 5.56 Å². The van der Waals surface area contributed by atoms with Crippen LogP contribution in [0.1, 0.15) is 11.3 Å². The van der Waals surface area contributed by atoms with Gasteiger partial charge in [0.15, 0.2) is 5.16 Å². The molecule has 0 atom stereocenters. The molecule has 0 fully saturated rings. The fourth-order valence-corrected chi connectivity index (χ4v) is 3.90. The predicted molar refractivity (Wildman–Crippen MR) is 117 cm³/mol. The van der Waals surface area contributed by atoms with E-state index in [0.717, 1.165) is 17.5 Å². The molecule has 4 rings (SSSR count). The number of hydrogen-bond acceptors (Lipinski definition) is 5. The molecule has 31 heavy (non-hydrogen) atoms. The molecule has 0 aliphatic carbocycles. The highest BCUT2D eigenvalue weighted by molar-refractivity contribution is 7.99. The lowest BCUT2D eigenvalue weighted by Gasteiger charge is -2.12. The number of rotatable bonds is 5. The minimum absolute atomic E-state index is 0.0146. The van der Waals surface area contributed by atoms with Gasteiger partial charge in [-0.05, 0) is 55.5 Å². The summed E-state index contributed by atoms with van der Waals surface area (Å²) in [6.45, 7) is 1.82. The molecule has 2 aromatic heterocycles. The van der Waals surface area contributed by atoms with Gasteiger partial charge in [-0.15, -0.1) is 0 Å². The number of benzene rings is 2. The number of hydrogen-bond donors (Lipinski definition) is 2. The number of thioether (sulfide) groups is 1. The molecule has 0 aliphatic rings. The predicted octanol–water partition coefficient (Wildman–Crippen LogP) is 3.76. The summed E-state index contributed by atoms with van der Waals surface area (Å²) in [5.74, 6) is -0.751. The number of fused-ring (bicyclic) bond motifs is 1. The quantitative estimate of drug-likeness (QED) is 0.368. The van der Waals surface area contributed by atoms with Gasteiger partial charge in [0.1, 0.15) is 11.3 Å². The Labute approximate surface area is 180 Å². The van der Waals surface area contributed by atoms with Crippen molar-refractivity contribution in [2.24, 2.45) is 0 Å². The van der Waals surface area contributed by atoms with E-state index in [2.05, 4.69) is 15.3 Å². The van der Waals surface area contributed by atoms with Crippen molar-refractivity contribution in [2.45, 2.75) is 12.1 Å². The molecular weight excluding hydrogens is 417 g/mol. The number of nitriles is 1. The molecule has 2 heterocycles. The third kappa shape index (κ3) is 4.34. The van der Waals surface area contributed by atoms with Crippen molar-refractivity contribution in [2.75, 3.05) is 11.1 Å². The van der Waals surface area contributed by atoms with Gasteiger partial charge in [0, 0.05) is 11.4 Å². The Morgan fingerprint density at radius 1 is 1.26 bits per heavy atom. The summed E-state index contributed by atoms with van der Waals surface area (Å²) >= 11 is 1.09. The van der Waals surface area contributed by atoms with Crippen LogP contribution in [0, 0.1) is 24.1 Å². The minimum atomic E-state index is -0.422. The average molecular weight is 433 g/mol. The van der Waals surface area contributed by atoms with Crippen molar-refractivity contribution in [3.8, 4) is 11.8 Å². The van der Waals surface area contributed by atoms with E-state index in [1.54, 1.807) is 30.3 Å². The van der Waals surface area contributed by atoms with E-state index in [0.29, 0.717) is 33.1 Å². The summed E-state index contributed by atoms with van der Waals surface area (Å²) in [5.41, 5.74) is 2.65. The number of halogens is 1. The van der Waals surface area contributed by atoms with Crippen LogP contribution in [0.5, 0.6) is 0 Å². The molecule has 154 valence electrons. The van der Waals surface area contributed by atoms with Crippen LogP contribution in [0.25, 0.3) is 16.7 Å². The summed E-state index contributed by atoms with van der Waals surface area (Å²) in [5, 5.41) is 12.0. The maximum absolute atomic E-state index is 13.4. The first-order chi connectivity index (χ1) is 14.9. The van der Waals surface area contributed by atoms with Gasteiger partial charge in [0.2, 0.25) is 5.91 Å². The van der Waals surface area contributed by atoms with Gasteiger partial charge in [-0.3, -0.25) is 14.2 Å². The highest BCUT2D eigenvalue weighted by Gasteiger charge is 2.16. The second kappa shape index (κ2) is 8.45. The van der Waals surface area contributed by atoms with Crippen LogP contribution in [0.3, 0.4) is 0 Å². The lowest BCUT2D eigenvalue weighted by Crippen LogP contribution is -2.23. The lowest BCUT2D eigenvalue weighted by molar-refractivity contribution is -0.113. The number of carbonyl (C=O) groups excluding carboxylic acids is 1. The molecule has 2 aromatic carbocycles. The van der Waals surface area contributed by atoms with Crippen LogP contribution in [-0.2, 0) is 4.79 Å². The summed E-state index contributed by atoms with van der Waals surface area (Å²) in [7, 11) is 0. The monoisotopic (exact) mass is 433 g/mol. The number of nitrogens with zero attached hydrogens (tertiary/aromatic N) is 3. The fraction of sp³-hybridized carbons (Fsp3) is 0.0909. The number of aromatic amines is 1. The minimum Gasteiger partial charge on any atom is -0.353 e. The lowest BCUT2D eigenvalue weighted by atomic mass is 10.2. The van der Waals surface area contributed by atoms with E-state index in [4.69, 9.17) is 5.26 Å². The van der Waals surface area contributed by atoms with E-state index in [1.165, 1.54) is 28.8 Å². The Morgan fingerprint density at radius 2 is 2.03 bits per heavy atom. The summed E-state index contributed by atoms with van der Waals surface area (Å²) in [4.78, 5) is 33.1. The molecule has 0 saturated carbocycles. The number of amides is 1. The number of H-pyrrole nitrogens is 1. The van der Waals surface area contributed by atoms with Crippen molar-refractivity contribution in [1.29, 1.82) is 5.26 Å². The molecule has 0 radical (unpaired) electrons. The first-order valence-corrected chi connectivity index (χ1v) is 10.2. The number of anilines is 1. The summed E-state index contributed by atoms with van der Waals surface area (Å²) in [6, 6.07) is 15.8. The van der Waals surface area contributed by atoms with Gasteiger partial charge < -0.3 is 10.3 Å². The van der Waals surface area contributed by atoms with Crippen LogP contribution in [0.2, 0.25) is 0 Å². The molecule has 2 N–H and O–H groups in total. The van der Waals surface area contributed by atoms with Gasteiger partial charge in [0.05, 0.1) is 28.6 Å². The largest absolute Gasteiger partial charge is 0.353 e. The van der Waals surface area contributed by atoms with Crippen molar-refractivity contribution in [3.05, 3.63) is 82.0 Å². The molecule has 0 unspecified atom stereocenters. The smallest absolute Gasteiger partial charge is 0.283 e. The Hall–Kier alpha value is -3.90. The van der Waals surface area contributed by atoms with Crippen LogP contribution in [0.4, 0.5) is 10.1 Å². The molecule has 0 spiro atoms. The number of nitrogens with one attached hydrogen (secondary N) is 2. The standard InChI is InChI=1S/C22H16FN5O2S/c1-13-9-18-20(25-13)21(30)28(17-7-5-15(23)6-8-17)22(27-18)31-12-19(29)26-16-4-2-3-14(10-16)11-24/h2-10,25H,12H2,1H3,(H,26,29). The van der Waals surface area contributed by atoms with Crippen molar-refractivity contribution in [1.82, 2.24) is 14.5 Å². The second-order valence-corrected chi connectivity index (χ2v) is 7.70. The maximum atomic E-state index is 13.4. The van der Waals surface area contributed by atoms with Gasteiger partial charge >= 0.3 is 0 Å². The van der Waals surface area contributed by atoms with Crippen molar-refractivity contribution in [3.63, 3.8) is 0 Å². The van der Waals surface area contributed by atoms with Gasteiger partial charge in [-0.1, -0.05) is 17.8 Å². The second-order valence-electron chi connectivity index (χ2n) is 6.75. The summed E-state index contributed by atoms with van der Waals surface area (Å²) in [6.07, 6.45) is 0. The molecule has 1 amide bonds.